The summed E-state index contributed by atoms with van der Waals surface area (Å²) in [6.45, 7) is 1.92. The smallest absolute Gasteiger partial charge is 0.200 e. The van der Waals surface area contributed by atoms with Crippen LogP contribution in [-0.4, -0.2) is 23.8 Å². The van der Waals surface area contributed by atoms with Crippen LogP contribution < -0.4 is 15.2 Å². The predicted octanol–water partition coefficient (Wildman–Crippen LogP) is 1.99. The minimum Gasteiger partial charge on any atom is -0.497 e. The summed E-state index contributed by atoms with van der Waals surface area (Å²) in [5.41, 5.74) is 8.53. The van der Waals surface area contributed by atoms with Crippen molar-refractivity contribution in [3.05, 3.63) is 23.9 Å². The van der Waals surface area contributed by atoms with E-state index in [1.165, 1.54) is 0 Å². The van der Waals surface area contributed by atoms with Gasteiger partial charge in [0.1, 0.15) is 11.5 Å². The van der Waals surface area contributed by atoms with Crippen molar-refractivity contribution < 1.29 is 9.47 Å². The molecule has 96 valence electrons. The van der Waals surface area contributed by atoms with Crippen molar-refractivity contribution in [3.63, 3.8) is 0 Å². The molecule has 0 radical (unpaired) electrons. The zero-order valence-electron chi connectivity index (χ0n) is 11.0. The number of aryl methyl sites for hydroxylation is 1. The van der Waals surface area contributed by atoms with Gasteiger partial charge in [-0.1, -0.05) is 0 Å². The summed E-state index contributed by atoms with van der Waals surface area (Å²) in [7, 11) is 5.15. The predicted molar refractivity (Wildman–Crippen MR) is 70.9 cm³/mol. The lowest BCUT2D eigenvalue weighted by Gasteiger charge is -2.12. The van der Waals surface area contributed by atoms with Crippen LogP contribution in [0.2, 0.25) is 0 Å². The molecule has 2 N–H and O–H groups in total. The van der Waals surface area contributed by atoms with E-state index < -0.39 is 0 Å². The van der Waals surface area contributed by atoms with Gasteiger partial charge in [0.2, 0.25) is 5.95 Å². The van der Waals surface area contributed by atoms with Crippen LogP contribution in [0.4, 0.5) is 5.95 Å². The van der Waals surface area contributed by atoms with Gasteiger partial charge in [-0.15, -0.1) is 0 Å². The molecule has 0 spiro atoms. The average Bonchev–Trinajstić information content (AvgIpc) is 2.62. The Hall–Kier alpha value is -2.17. The number of imidazole rings is 1. The summed E-state index contributed by atoms with van der Waals surface area (Å²) in [5.74, 6) is 2.01. The summed E-state index contributed by atoms with van der Waals surface area (Å²) in [5, 5.41) is 0. The van der Waals surface area contributed by atoms with Gasteiger partial charge < -0.3 is 19.8 Å². The van der Waals surface area contributed by atoms with Crippen LogP contribution in [0.3, 0.4) is 0 Å². The van der Waals surface area contributed by atoms with Gasteiger partial charge in [0.25, 0.3) is 0 Å². The maximum atomic E-state index is 5.82. The average molecular weight is 247 g/mol. The number of aromatic nitrogens is 2. The molecule has 1 heterocycles. The Morgan fingerprint density at radius 3 is 2.44 bits per heavy atom. The van der Waals surface area contributed by atoms with Gasteiger partial charge in [-0.25, -0.2) is 4.98 Å². The highest BCUT2D eigenvalue weighted by atomic mass is 16.5. The third kappa shape index (κ3) is 1.88. The van der Waals surface area contributed by atoms with Gasteiger partial charge in [-0.2, -0.15) is 0 Å². The van der Waals surface area contributed by atoms with Crippen molar-refractivity contribution in [2.75, 3.05) is 20.0 Å². The van der Waals surface area contributed by atoms with Gasteiger partial charge in [0.15, 0.2) is 0 Å². The Balaban J connectivity index is 2.68. The van der Waals surface area contributed by atoms with Gasteiger partial charge in [0.05, 0.1) is 25.6 Å². The summed E-state index contributed by atoms with van der Waals surface area (Å²) in [4.78, 5) is 4.26. The molecule has 0 bridgehead atoms. The number of hydrogen-bond donors (Lipinski definition) is 1. The molecule has 0 aliphatic rings. The summed E-state index contributed by atoms with van der Waals surface area (Å²) in [6.07, 6.45) is 0. The van der Waals surface area contributed by atoms with E-state index in [2.05, 4.69) is 4.98 Å². The first-order valence-electron chi connectivity index (χ1n) is 5.59. The van der Waals surface area contributed by atoms with E-state index >= 15 is 0 Å². The molecule has 0 aliphatic heterocycles. The van der Waals surface area contributed by atoms with Crippen LogP contribution in [0.1, 0.15) is 5.69 Å². The molecule has 5 nitrogen and oxygen atoms in total. The normalized spacial score (nSPS) is 10.4. The van der Waals surface area contributed by atoms with Crippen molar-refractivity contribution in [2.45, 2.75) is 6.92 Å². The molecule has 0 saturated carbocycles. The van der Waals surface area contributed by atoms with Crippen molar-refractivity contribution in [1.82, 2.24) is 9.55 Å². The fraction of sp³-hybridized carbons (Fsp3) is 0.308. The molecule has 0 atom stereocenters. The number of hydrogen-bond acceptors (Lipinski definition) is 4. The monoisotopic (exact) mass is 247 g/mol. The molecule has 0 fully saturated rings. The van der Waals surface area contributed by atoms with Gasteiger partial charge >= 0.3 is 0 Å². The zero-order chi connectivity index (χ0) is 13.3. The highest BCUT2D eigenvalue weighted by Crippen LogP contribution is 2.35. The molecule has 1 aromatic carbocycles. The van der Waals surface area contributed by atoms with Crippen LogP contribution in [0.25, 0.3) is 11.3 Å². The minimum atomic E-state index is 0.479. The van der Waals surface area contributed by atoms with Crippen LogP contribution >= 0.6 is 0 Å². The molecule has 0 aliphatic carbocycles. The summed E-state index contributed by atoms with van der Waals surface area (Å²) >= 11 is 0. The Labute approximate surface area is 106 Å². The first-order valence-corrected chi connectivity index (χ1v) is 5.59. The maximum absolute atomic E-state index is 5.82. The van der Waals surface area contributed by atoms with E-state index in [0.29, 0.717) is 5.95 Å². The van der Waals surface area contributed by atoms with Crippen molar-refractivity contribution in [3.8, 4) is 22.8 Å². The minimum absolute atomic E-state index is 0.479. The summed E-state index contributed by atoms with van der Waals surface area (Å²) < 4.78 is 12.5. The number of ether oxygens (including phenoxy) is 2. The van der Waals surface area contributed by atoms with E-state index in [4.69, 9.17) is 15.2 Å². The maximum Gasteiger partial charge on any atom is 0.200 e. The SMILES string of the molecule is COc1ccc(OC)c(-c2c(C)nc(N)n2C)c1. The molecular formula is C13H17N3O2. The van der Waals surface area contributed by atoms with Crippen molar-refractivity contribution in [1.29, 1.82) is 0 Å². The highest BCUT2D eigenvalue weighted by Gasteiger charge is 2.16. The molecule has 5 heteroatoms. The fourth-order valence-corrected chi connectivity index (χ4v) is 2.03. The van der Waals surface area contributed by atoms with Crippen molar-refractivity contribution >= 4 is 5.95 Å². The lowest BCUT2D eigenvalue weighted by molar-refractivity contribution is 0.404. The molecule has 0 amide bonds. The van der Waals surface area contributed by atoms with Crippen LogP contribution in [0.5, 0.6) is 11.5 Å². The third-order valence-corrected chi connectivity index (χ3v) is 2.97. The second-order valence-corrected chi connectivity index (χ2v) is 4.03. The standard InChI is InChI=1S/C13H17N3O2/c1-8-12(16(2)13(14)15-8)10-7-9(17-3)5-6-11(10)18-4/h5-7H,1-4H3,(H2,14,15). The molecule has 2 aromatic rings. The highest BCUT2D eigenvalue weighted by molar-refractivity contribution is 5.72. The van der Waals surface area contributed by atoms with Gasteiger partial charge in [-0.05, 0) is 25.1 Å². The number of anilines is 1. The zero-order valence-corrected chi connectivity index (χ0v) is 11.0. The Kier molecular flexibility index (Phi) is 3.14. The van der Waals surface area contributed by atoms with E-state index in [1.807, 2.05) is 36.7 Å². The first-order chi connectivity index (χ1) is 8.58. The Morgan fingerprint density at radius 2 is 1.94 bits per heavy atom. The largest absolute Gasteiger partial charge is 0.497 e. The van der Waals surface area contributed by atoms with E-state index in [-0.39, 0.29) is 0 Å². The summed E-state index contributed by atoms with van der Waals surface area (Å²) in [6, 6.07) is 5.65. The molecule has 2 rings (SSSR count). The lowest BCUT2D eigenvalue weighted by atomic mass is 10.1. The third-order valence-electron chi connectivity index (χ3n) is 2.97. The Morgan fingerprint density at radius 1 is 1.22 bits per heavy atom. The molecular weight excluding hydrogens is 230 g/mol. The van der Waals surface area contributed by atoms with Gasteiger partial charge in [0, 0.05) is 12.6 Å². The fourth-order valence-electron chi connectivity index (χ4n) is 2.03. The van der Waals surface area contributed by atoms with Crippen molar-refractivity contribution in [2.24, 2.45) is 7.05 Å². The Bertz CT molecular complexity index is 576. The second-order valence-electron chi connectivity index (χ2n) is 4.03. The number of benzene rings is 1. The van der Waals surface area contributed by atoms with E-state index in [0.717, 1.165) is 28.5 Å². The van der Waals surface area contributed by atoms with E-state index in [9.17, 15) is 0 Å². The van der Waals surface area contributed by atoms with Crippen LogP contribution in [0.15, 0.2) is 18.2 Å². The first kappa shape index (κ1) is 12.3. The quantitative estimate of drug-likeness (QED) is 0.901. The number of nitrogens with two attached hydrogens (primary N) is 1. The van der Waals surface area contributed by atoms with Crippen LogP contribution in [0, 0.1) is 6.92 Å². The number of nitrogen functional groups attached to an aromatic ring is 1. The topological polar surface area (TPSA) is 62.3 Å². The molecule has 0 saturated heterocycles. The lowest BCUT2D eigenvalue weighted by Crippen LogP contribution is -2.00. The number of nitrogens with zero attached hydrogens (tertiary/aromatic N) is 2. The second kappa shape index (κ2) is 4.60. The molecule has 0 unspecified atom stereocenters. The molecule has 18 heavy (non-hydrogen) atoms. The van der Waals surface area contributed by atoms with Crippen LogP contribution in [-0.2, 0) is 7.05 Å². The number of methoxy groups -OCH3 is 2. The molecule has 1 aromatic heterocycles. The van der Waals surface area contributed by atoms with E-state index in [1.54, 1.807) is 14.2 Å². The number of rotatable bonds is 3. The van der Waals surface area contributed by atoms with Gasteiger partial charge in [-0.3, -0.25) is 0 Å².